The Bertz CT molecular complexity index is 1140. The Morgan fingerprint density at radius 1 is 1.15 bits per heavy atom. The molecular weight excluding hydrogens is 446 g/mol. The van der Waals surface area contributed by atoms with Crippen molar-refractivity contribution in [3.63, 3.8) is 0 Å². The Labute approximate surface area is 198 Å². The first-order valence-corrected chi connectivity index (χ1v) is 11.3. The lowest BCUT2D eigenvalue weighted by Gasteiger charge is -2.42. The minimum Gasteiger partial charge on any atom is -0.443 e. The highest BCUT2D eigenvalue weighted by atomic mass is 35.5. The van der Waals surface area contributed by atoms with Gasteiger partial charge in [0.15, 0.2) is 5.72 Å². The summed E-state index contributed by atoms with van der Waals surface area (Å²) in [7, 11) is 0. The molecule has 2 aliphatic heterocycles. The van der Waals surface area contributed by atoms with Crippen LogP contribution in [0.3, 0.4) is 0 Å². The zero-order chi connectivity index (χ0) is 24.3. The summed E-state index contributed by atoms with van der Waals surface area (Å²) in [5.41, 5.74) is -1.89. The van der Waals surface area contributed by atoms with Crippen LogP contribution in [0.5, 0.6) is 0 Å². The number of nitriles is 1. The molecule has 0 unspecified atom stereocenters. The van der Waals surface area contributed by atoms with Gasteiger partial charge < -0.3 is 4.74 Å². The van der Waals surface area contributed by atoms with Crippen LogP contribution in [-0.2, 0) is 14.9 Å². The van der Waals surface area contributed by atoms with Gasteiger partial charge in [-0.25, -0.2) is 13.7 Å². The molecule has 0 spiro atoms. The van der Waals surface area contributed by atoms with Crippen molar-refractivity contribution in [2.75, 3.05) is 0 Å². The molecule has 2 aliphatic rings. The summed E-state index contributed by atoms with van der Waals surface area (Å²) in [6.07, 6.45) is 0.521. The highest BCUT2D eigenvalue weighted by Gasteiger charge is 2.70. The lowest BCUT2D eigenvalue weighted by Crippen LogP contribution is -2.52. The Balaban J connectivity index is 2.09. The summed E-state index contributed by atoms with van der Waals surface area (Å²) in [6, 6.07) is 11.4. The molecular formula is C26H27ClF2N2O2. The summed E-state index contributed by atoms with van der Waals surface area (Å²) in [5, 5.41) is 10.7. The molecule has 4 atom stereocenters. The molecule has 7 heteroatoms. The third-order valence-electron chi connectivity index (χ3n) is 6.81. The average molecular weight is 473 g/mol. The van der Waals surface area contributed by atoms with Crippen molar-refractivity contribution in [1.29, 1.82) is 5.26 Å². The van der Waals surface area contributed by atoms with Gasteiger partial charge in [-0.05, 0) is 55.0 Å². The molecule has 2 aromatic carbocycles. The van der Waals surface area contributed by atoms with E-state index in [1.807, 2.05) is 25.7 Å². The van der Waals surface area contributed by atoms with Gasteiger partial charge in [-0.2, -0.15) is 5.26 Å². The zero-order valence-electron chi connectivity index (χ0n) is 19.3. The number of carbonyl (C=O) groups is 1. The second-order valence-electron chi connectivity index (χ2n) is 10.6. The van der Waals surface area contributed by atoms with Gasteiger partial charge in [0.25, 0.3) is 0 Å². The second kappa shape index (κ2) is 7.78. The van der Waals surface area contributed by atoms with Crippen molar-refractivity contribution < 1.29 is 18.3 Å². The number of cyclic esters (lactones) is 1. The van der Waals surface area contributed by atoms with Crippen LogP contribution in [0.2, 0.25) is 5.02 Å². The number of ether oxygens (including phenoxy) is 1. The van der Waals surface area contributed by atoms with E-state index in [0.717, 1.165) is 0 Å². The van der Waals surface area contributed by atoms with Crippen LogP contribution in [0.4, 0.5) is 8.78 Å². The Morgan fingerprint density at radius 2 is 1.79 bits per heavy atom. The first-order chi connectivity index (χ1) is 15.3. The molecule has 0 amide bonds. The molecule has 0 N–H and O–H groups in total. The summed E-state index contributed by atoms with van der Waals surface area (Å²) in [5.74, 6) is -2.53. The van der Waals surface area contributed by atoms with E-state index in [1.165, 1.54) is 18.2 Å². The number of fused-ring (bicyclic) bond motifs is 1. The highest BCUT2D eigenvalue weighted by molar-refractivity contribution is 6.30. The Hall–Kier alpha value is -2.49. The molecule has 0 saturated carbocycles. The van der Waals surface area contributed by atoms with Crippen LogP contribution >= 0.6 is 11.6 Å². The number of nitrogens with zero attached hydrogens (tertiary/aromatic N) is 2. The molecule has 174 valence electrons. The van der Waals surface area contributed by atoms with Crippen LogP contribution in [0.1, 0.15) is 58.1 Å². The van der Waals surface area contributed by atoms with Crippen LogP contribution in [0.25, 0.3) is 0 Å². The van der Waals surface area contributed by atoms with Crippen molar-refractivity contribution in [1.82, 2.24) is 4.90 Å². The quantitative estimate of drug-likeness (QED) is 0.518. The zero-order valence-corrected chi connectivity index (χ0v) is 20.1. The van der Waals surface area contributed by atoms with E-state index in [-0.39, 0.29) is 16.0 Å². The molecule has 4 rings (SSSR count). The van der Waals surface area contributed by atoms with Crippen molar-refractivity contribution in [2.24, 2.45) is 5.41 Å². The highest BCUT2D eigenvalue weighted by Crippen LogP contribution is 2.60. The summed E-state index contributed by atoms with van der Waals surface area (Å²) in [4.78, 5) is 15.2. The van der Waals surface area contributed by atoms with Crippen LogP contribution in [-0.4, -0.2) is 28.7 Å². The first-order valence-electron chi connectivity index (χ1n) is 11.0. The Kier molecular flexibility index (Phi) is 5.58. The predicted molar refractivity (Wildman–Crippen MR) is 122 cm³/mol. The number of hydrogen-bond acceptors (Lipinski definition) is 4. The topological polar surface area (TPSA) is 53.3 Å². The first kappa shape index (κ1) is 23.7. The van der Waals surface area contributed by atoms with Crippen LogP contribution < -0.4 is 0 Å². The van der Waals surface area contributed by atoms with Gasteiger partial charge in [0.1, 0.15) is 23.1 Å². The number of halogens is 3. The third-order valence-corrected chi connectivity index (χ3v) is 7.10. The third kappa shape index (κ3) is 3.62. The van der Waals surface area contributed by atoms with Gasteiger partial charge in [-0.15, -0.1) is 0 Å². The fourth-order valence-electron chi connectivity index (χ4n) is 5.67. The minimum atomic E-state index is -1.35. The fraction of sp³-hybridized carbons (Fsp3) is 0.462. The molecule has 4 nitrogen and oxygen atoms in total. The lowest BCUT2D eigenvalue weighted by atomic mass is 9.62. The van der Waals surface area contributed by atoms with Crippen LogP contribution in [0.15, 0.2) is 42.5 Å². The monoisotopic (exact) mass is 472 g/mol. The maximum atomic E-state index is 15.5. The van der Waals surface area contributed by atoms with E-state index in [4.69, 9.17) is 16.3 Å². The van der Waals surface area contributed by atoms with Crippen molar-refractivity contribution >= 4 is 17.6 Å². The largest absolute Gasteiger partial charge is 0.443 e. The van der Waals surface area contributed by atoms with Gasteiger partial charge in [0, 0.05) is 12.0 Å². The molecule has 2 saturated heterocycles. The van der Waals surface area contributed by atoms with Crippen molar-refractivity contribution in [2.45, 2.75) is 70.2 Å². The van der Waals surface area contributed by atoms with Crippen LogP contribution in [0, 0.1) is 28.4 Å². The smallest absolute Gasteiger partial charge is 0.325 e. The maximum Gasteiger partial charge on any atom is 0.325 e. The molecule has 2 aromatic rings. The Morgan fingerprint density at radius 3 is 2.36 bits per heavy atom. The molecule has 0 bridgehead atoms. The predicted octanol–water partition coefficient (Wildman–Crippen LogP) is 5.95. The average Bonchev–Trinajstić information content (AvgIpc) is 3.13. The van der Waals surface area contributed by atoms with Gasteiger partial charge in [0.2, 0.25) is 0 Å². The summed E-state index contributed by atoms with van der Waals surface area (Å²) < 4.78 is 35.1. The van der Waals surface area contributed by atoms with Gasteiger partial charge >= 0.3 is 5.97 Å². The van der Waals surface area contributed by atoms with E-state index < -0.39 is 46.7 Å². The lowest BCUT2D eigenvalue weighted by molar-refractivity contribution is -0.152. The van der Waals surface area contributed by atoms with Gasteiger partial charge in [0.05, 0.1) is 11.1 Å². The minimum absolute atomic E-state index is 0.0881. The van der Waals surface area contributed by atoms with Gasteiger partial charge in [-0.1, -0.05) is 56.6 Å². The van der Waals surface area contributed by atoms with Crippen molar-refractivity contribution in [3.8, 4) is 6.07 Å². The normalized spacial score (nSPS) is 28.9. The number of hydrogen-bond donors (Lipinski definition) is 0. The molecule has 0 aromatic heterocycles. The van der Waals surface area contributed by atoms with E-state index in [0.29, 0.717) is 12.0 Å². The van der Waals surface area contributed by atoms with Gasteiger partial charge in [-0.3, -0.25) is 4.79 Å². The van der Waals surface area contributed by atoms with E-state index >= 15 is 4.39 Å². The second-order valence-corrected chi connectivity index (χ2v) is 11.0. The van der Waals surface area contributed by atoms with E-state index in [1.54, 1.807) is 38.1 Å². The maximum absolute atomic E-state index is 15.5. The number of benzene rings is 2. The molecule has 0 aliphatic carbocycles. The summed E-state index contributed by atoms with van der Waals surface area (Å²) >= 11 is 6.14. The van der Waals surface area contributed by atoms with Crippen molar-refractivity contribution in [3.05, 3.63) is 70.2 Å². The molecule has 2 fully saturated rings. The fourth-order valence-corrected chi connectivity index (χ4v) is 5.85. The van der Waals surface area contributed by atoms with E-state index in [2.05, 4.69) is 6.07 Å². The molecule has 33 heavy (non-hydrogen) atoms. The van der Waals surface area contributed by atoms with E-state index in [9.17, 15) is 14.4 Å². The molecule has 2 heterocycles. The SMILES string of the molecule is CC(C)(C)C[C@@H]1N2[C@@H](C(=O)OC2(C)C)[C@H](c2cccc(Cl)c2F)[C@@]1(C#N)c1ccc(F)cc1. The standard InChI is InChI=1S/C26H27ClF2N2O2/c1-24(2,3)13-19-26(14-30,15-9-11-16(28)12-10-15)20(17-7-6-8-18(27)21(17)29)22-23(32)33-25(4,5)31(19)22/h6-12,19-20,22H,13H2,1-5H3/t19-,20-,22+,26-/m0/s1. The number of esters is 1. The summed E-state index contributed by atoms with van der Waals surface area (Å²) in [6.45, 7) is 9.71. The number of carbonyl (C=O) groups excluding carboxylic acids is 1. The number of rotatable bonds is 3. The molecule has 0 radical (unpaired) electrons.